The minimum absolute atomic E-state index is 0.00503. The van der Waals surface area contributed by atoms with Crippen molar-refractivity contribution in [1.82, 2.24) is 4.31 Å². The summed E-state index contributed by atoms with van der Waals surface area (Å²) >= 11 is 0. The van der Waals surface area contributed by atoms with Crippen LogP contribution in [0.4, 0.5) is 0 Å². The maximum absolute atomic E-state index is 12.8. The van der Waals surface area contributed by atoms with E-state index in [-0.39, 0.29) is 30.2 Å². The average Bonchev–Trinajstić information content (AvgIpc) is 2.59. The van der Waals surface area contributed by atoms with Crippen LogP contribution in [0.1, 0.15) is 11.1 Å². The van der Waals surface area contributed by atoms with Gasteiger partial charge in [0, 0.05) is 13.1 Å². The van der Waals surface area contributed by atoms with Gasteiger partial charge in [-0.25, -0.2) is 8.42 Å². The Kier molecular flexibility index (Phi) is 5.88. The van der Waals surface area contributed by atoms with Gasteiger partial charge in [0.15, 0.2) is 0 Å². The summed E-state index contributed by atoms with van der Waals surface area (Å²) in [5.74, 6) is 0. The summed E-state index contributed by atoms with van der Waals surface area (Å²) in [4.78, 5) is -0.0241. The molecular formula is C17H18N2O3S. The second-order valence-corrected chi connectivity index (χ2v) is 6.88. The lowest BCUT2D eigenvalue weighted by atomic mass is 10.1. The fourth-order valence-corrected chi connectivity index (χ4v) is 3.86. The van der Waals surface area contributed by atoms with Crippen molar-refractivity contribution in [2.24, 2.45) is 0 Å². The summed E-state index contributed by atoms with van der Waals surface area (Å²) in [6.45, 7) is -0.0374. The van der Waals surface area contributed by atoms with Crippen molar-refractivity contribution in [3.8, 4) is 6.07 Å². The fourth-order valence-electron chi connectivity index (χ4n) is 2.29. The molecule has 0 radical (unpaired) electrons. The van der Waals surface area contributed by atoms with E-state index in [2.05, 4.69) is 0 Å². The van der Waals surface area contributed by atoms with Crippen molar-refractivity contribution in [1.29, 1.82) is 5.26 Å². The number of aliphatic hydroxyl groups is 1. The minimum atomic E-state index is -3.83. The molecule has 0 atom stereocenters. The highest BCUT2D eigenvalue weighted by Crippen LogP contribution is 2.20. The number of hydrogen-bond donors (Lipinski definition) is 1. The summed E-state index contributed by atoms with van der Waals surface area (Å²) in [5.41, 5.74) is 1.12. The highest BCUT2D eigenvalue weighted by Gasteiger charge is 2.26. The molecule has 1 N–H and O–H groups in total. The summed E-state index contributed by atoms with van der Waals surface area (Å²) in [6, 6.07) is 17.5. The standard InChI is InChI=1S/C17H18N2O3S/c18-14-16-8-4-5-9-17(16)23(21,22)19(12-13-20)11-10-15-6-2-1-3-7-15/h1-9,20H,10-13H2. The van der Waals surface area contributed by atoms with Crippen LogP contribution in [-0.2, 0) is 16.4 Å². The van der Waals surface area contributed by atoms with E-state index in [1.807, 2.05) is 36.4 Å². The Hall–Kier alpha value is -2.20. The molecule has 0 aliphatic rings. The van der Waals surface area contributed by atoms with Crippen molar-refractivity contribution < 1.29 is 13.5 Å². The predicted octanol–water partition coefficient (Wildman–Crippen LogP) is 1.78. The number of nitrogens with zero attached hydrogens (tertiary/aromatic N) is 2. The van der Waals surface area contributed by atoms with Crippen LogP contribution >= 0.6 is 0 Å². The first kappa shape index (κ1) is 17.2. The van der Waals surface area contributed by atoms with Crippen LogP contribution in [0.5, 0.6) is 0 Å². The highest BCUT2D eigenvalue weighted by atomic mass is 32.2. The molecule has 0 aromatic heterocycles. The third-order valence-corrected chi connectivity index (χ3v) is 5.42. The van der Waals surface area contributed by atoms with Crippen LogP contribution in [-0.4, -0.2) is 37.5 Å². The summed E-state index contributed by atoms with van der Waals surface area (Å²) in [7, 11) is -3.83. The van der Waals surface area contributed by atoms with Crippen molar-refractivity contribution in [2.45, 2.75) is 11.3 Å². The molecule has 0 heterocycles. The monoisotopic (exact) mass is 330 g/mol. The quantitative estimate of drug-likeness (QED) is 0.839. The van der Waals surface area contributed by atoms with E-state index in [0.717, 1.165) is 5.56 Å². The maximum atomic E-state index is 12.8. The van der Waals surface area contributed by atoms with E-state index in [0.29, 0.717) is 6.42 Å². The first-order valence-corrected chi connectivity index (χ1v) is 8.67. The molecule has 0 fully saturated rings. The molecule has 0 saturated carbocycles. The van der Waals surface area contributed by atoms with Crippen LogP contribution in [0.2, 0.25) is 0 Å². The Morgan fingerprint density at radius 2 is 1.65 bits per heavy atom. The maximum Gasteiger partial charge on any atom is 0.244 e. The molecule has 0 amide bonds. The summed E-state index contributed by atoms with van der Waals surface area (Å²) in [6.07, 6.45) is 0.536. The largest absolute Gasteiger partial charge is 0.395 e. The van der Waals surface area contributed by atoms with Gasteiger partial charge in [0.2, 0.25) is 10.0 Å². The first-order chi connectivity index (χ1) is 11.1. The third kappa shape index (κ3) is 4.17. The summed E-state index contributed by atoms with van der Waals surface area (Å²) in [5, 5.41) is 18.3. The molecule has 0 aliphatic carbocycles. The lowest BCUT2D eigenvalue weighted by Crippen LogP contribution is -2.35. The molecule has 2 aromatic carbocycles. The number of rotatable bonds is 7. The van der Waals surface area contributed by atoms with E-state index >= 15 is 0 Å². The van der Waals surface area contributed by atoms with Gasteiger partial charge in [0.1, 0.15) is 6.07 Å². The zero-order chi connectivity index (χ0) is 16.7. The van der Waals surface area contributed by atoms with Crippen molar-refractivity contribution in [2.75, 3.05) is 19.7 Å². The second-order valence-electron chi connectivity index (χ2n) is 4.97. The van der Waals surface area contributed by atoms with E-state index in [1.54, 1.807) is 12.1 Å². The normalized spacial score (nSPS) is 11.3. The number of benzene rings is 2. The molecule has 23 heavy (non-hydrogen) atoms. The zero-order valence-corrected chi connectivity index (χ0v) is 13.4. The molecule has 5 nitrogen and oxygen atoms in total. The average molecular weight is 330 g/mol. The van der Waals surface area contributed by atoms with Gasteiger partial charge in [-0.1, -0.05) is 42.5 Å². The lowest BCUT2D eigenvalue weighted by Gasteiger charge is -2.22. The van der Waals surface area contributed by atoms with Crippen LogP contribution < -0.4 is 0 Å². The van der Waals surface area contributed by atoms with Crippen LogP contribution in [0, 0.1) is 11.3 Å². The molecule has 0 aliphatic heterocycles. The third-order valence-electron chi connectivity index (χ3n) is 3.47. The number of sulfonamides is 1. The molecule has 0 bridgehead atoms. The van der Waals surface area contributed by atoms with E-state index in [9.17, 15) is 13.5 Å². The fraction of sp³-hybridized carbons (Fsp3) is 0.235. The van der Waals surface area contributed by atoms with Crippen molar-refractivity contribution >= 4 is 10.0 Å². The van der Waals surface area contributed by atoms with Crippen LogP contribution in [0.15, 0.2) is 59.5 Å². The van der Waals surface area contributed by atoms with Gasteiger partial charge in [0.25, 0.3) is 0 Å². The summed E-state index contributed by atoms with van der Waals surface area (Å²) < 4.78 is 26.8. The van der Waals surface area contributed by atoms with Crippen molar-refractivity contribution in [3.63, 3.8) is 0 Å². The lowest BCUT2D eigenvalue weighted by molar-refractivity contribution is 0.254. The molecule has 2 aromatic rings. The van der Waals surface area contributed by atoms with Gasteiger partial charge in [-0.15, -0.1) is 0 Å². The topological polar surface area (TPSA) is 81.4 Å². The second kappa shape index (κ2) is 7.88. The minimum Gasteiger partial charge on any atom is -0.395 e. The van der Waals surface area contributed by atoms with E-state index in [1.165, 1.54) is 16.4 Å². The number of aliphatic hydroxyl groups excluding tert-OH is 1. The Labute approximate surface area is 136 Å². The molecule has 120 valence electrons. The van der Waals surface area contributed by atoms with Gasteiger partial charge in [0.05, 0.1) is 17.1 Å². The SMILES string of the molecule is N#Cc1ccccc1S(=O)(=O)N(CCO)CCc1ccccc1. The van der Waals surface area contributed by atoms with Gasteiger partial charge in [-0.3, -0.25) is 0 Å². The zero-order valence-electron chi connectivity index (χ0n) is 12.6. The Morgan fingerprint density at radius 1 is 1.00 bits per heavy atom. The molecular weight excluding hydrogens is 312 g/mol. The highest BCUT2D eigenvalue weighted by molar-refractivity contribution is 7.89. The van der Waals surface area contributed by atoms with Crippen molar-refractivity contribution in [3.05, 3.63) is 65.7 Å². The molecule has 2 rings (SSSR count). The van der Waals surface area contributed by atoms with Gasteiger partial charge >= 0.3 is 0 Å². The van der Waals surface area contributed by atoms with Crippen LogP contribution in [0.3, 0.4) is 0 Å². The molecule has 6 heteroatoms. The molecule has 0 saturated heterocycles. The number of nitriles is 1. The van der Waals surface area contributed by atoms with Gasteiger partial charge < -0.3 is 5.11 Å². The van der Waals surface area contributed by atoms with E-state index in [4.69, 9.17) is 5.26 Å². The Balaban J connectivity index is 2.27. The van der Waals surface area contributed by atoms with Gasteiger partial charge in [-0.2, -0.15) is 9.57 Å². The smallest absolute Gasteiger partial charge is 0.244 e. The molecule has 0 spiro atoms. The van der Waals surface area contributed by atoms with Crippen LogP contribution in [0.25, 0.3) is 0 Å². The predicted molar refractivity (Wildman–Crippen MR) is 87.1 cm³/mol. The first-order valence-electron chi connectivity index (χ1n) is 7.23. The van der Waals surface area contributed by atoms with E-state index < -0.39 is 10.0 Å². The Morgan fingerprint density at radius 3 is 2.30 bits per heavy atom. The molecule has 0 unspecified atom stereocenters. The Bertz CT molecular complexity index is 783. The van der Waals surface area contributed by atoms with Gasteiger partial charge in [-0.05, 0) is 24.1 Å². The number of hydrogen-bond acceptors (Lipinski definition) is 4.